The molecule has 3 nitrogen and oxygen atoms in total. The summed E-state index contributed by atoms with van der Waals surface area (Å²) in [5.41, 5.74) is 5.42. The van der Waals surface area contributed by atoms with Gasteiger partial charge in [-0.05, 0) is 31.5 Å². The summed E-state index contributed by atoms with van der Waals surface area (Å²) in [6.07, 6.45) is 1.35. The Morgan fingerprint density at radius 2 is 2.21 bits per heavy atom. The molecule has 19 heavy (non-hydrogen) atoms. The third-order valence-electron chi connectivity index (χ3n) is 2.61. The molecule has 0 aliphatic rings. The third-order valence-corrected chi connectivity index (χ3v) is 3.31. The van der Waals surface area contributed by atoms with Gasteiger partial charge in [-0.15, -0.1) is 0 Å². The second-order valence-corrected chi connectivity index (χ2v) is 5.59. The second kappa shape index (κ2) is 6.86. The van der Waals surface area contributed by atoms with Crippen LogP contribution in [0.25, 0.3) is 0 Å². The molecule has 106 valence electrons. The molecule has 1 amide bonds. The molecule has 3 N–H and O–H groups in total. The van der Waals surface area contributed by atoms with Gasteiger partial charge in [-0.25, -0.2) is 0 Å². The van der Waals surface area contributed by atoms with Crippen molar-refractivity contribution in [1.82, 2.24) is 0 Å². The molecule has 0 radical (unpaired) electrons. The van der Waals surface area contributed by atoms with Crippen molar-refractivity contribution in [3.8, 4) is 0 Å². The number of thioether (sulfide) groups is 1. The van der Waals surface area contributed by atoms with Crippen LogP contribution in [-0.2, 0) is 4.79 Å². The minimum absolute atomic E-state index is 0.312. The number of hydrogen-bond acceptors (Lipinski definition) is 3. The van der Waals surface area contributed by atoms with Gasteiger partial charge < -0.3 is 11.1 Å². The minimum atomic E-state index is -2.48. The maximum Gasteiger partial charge on any atom is 0.288 e. The van der Waals surface area contributed by atoms with Crippen LogP contribution in [0, 0.1) is 0 Å². The zero-order valence-corrected chi connectivity index (χ0v) is 11.8. The monoisotopic (exact) mass is 288 g/mol. The molecule has 1 unspecified atom stereocenters. The number of carbonyl (C=O) groups is 1. The average molecular weight is 288 g/mol. The van der Waals surface area contributed by atoms with Crippen molar-refractivity contribution >= 4 is 23.4 Å². The number of halogens is 2. The molecule has 0 aliphatic carbocycles. The Hall–Kier alpha value is -1.14. The van der Waals surface area contributed by atoms with Crippen molar-refractivity contribution in [3.63, 3.8) is 0 Å². The fourth-order valence-electron chi connectivity index (χ4n) is 1.66. The molecule has 1 aromatic carbocycles. The number of carbonyl (C=O) groups excluding carboxylic acids is 1. The lowest BCUT2D eigenvalue weighted by Gasteiger charge is -2.22. The molecule has 0 bridgehead atoms. The number of hydrogen-bond donors (Lipinski definition) is 2. The van der Waals surface area contributed by atoms with E-state index >= 15 is 0 Å². The van der Waals surface area contributed by atoms with E-state index in [4.69, 9.17) is 5.73 Å². The van der Waals surface area contributed by atoms with Gasteiger partial charge in [0, 0.05) is 10.6 Å². The van der Waals surface area contributed by atoms with Crippen molar-refractivity contribution < 1.29 is 13.6 Å². The minimum Gasteiger partial charge on any atom is -0.324 e. The fraction of sp³-hybridized carbons (Fsp3) is 0.462. The molecule has 0 saturated carbocycles. The predicted octanol–water partition coefficient (Wildman–Crippen LogP) is 3.46. The van der Waals surface area contributed by atoms with Gasteiger partial charge in [-0.3, -0.25) is 4.79 Å². The van der Waals surface area contributed by atoms with Crippen LogP contribution in [0.4, 0.5) is 14.5 Å². The number of rotatable bonds is 6. The largest absolute Gasteiger partial charge is 0.324 e. The summed E-state index contributed by atoms with van der Waals surface area (Å²) in [6, 6.07) is 6.35. The van der Waals surface area contributed by atoms with Gasteiger partial charge in [0.15, 0.2) is 0 Å². The van der Waals surface area contributed by atoms with E-state index in [0.29, 0.717) is 28.8 Å². The van der Waals surface area contributed by atoms with Gasteiger partial charge in [-0.1, -0.05) is 31.2 Å². The van der Waals surface area contributed by atoms with Crippen molar-refractivity contribution in [2.24, 2.45) is 5.73 Å². The van der Waals surface area contributed by atoms with Crippen molar-refractivity contribution in [3.05, 3.63) is 24.3 Å². The molecule has 0 aromatic heterocycles. The summed E-state index contributed by atoms with van der Waals surface area (Å²) in [5.74, 6) is -2.79. The molecule has 6 heteroatoms. The molecular weight excluding hydrogens is 270 g/mol. The first-order chi connectivity index (χ1) is 8.85. The summed E-state index contributed by atoms with van der Waals surface area (Å²) >= 11 is 0.442. The number of nitrogens with one attached hydrogen (secondary N) is 1. The van der Waals surface area contributed by atoms with Crippen LogP contribution < -0.4 is 11.1 Å². The smallest absolute Gasteiger partial charge is 0.288 e. The molecule has 1 rings (SSSR count). The van der Waals surface area contributed by atoms with Crippen LogP contribution in [0.3, 0.4) is 0 Å². The van der Waals surface area contributed by atoms with E-state index in [0.717, 1.165) is 6.42 Å². The number of anilines is 1. The maximum absolute atomic E-state index is 12.3. The molecule has 0 fully saturated rings. The summed E-state index contributed by atoms with van der Waals surface area (Å²) < 4.78 is 24.5. The van der Waals surface area contributed by atoms with Gasteiger partial charge in [-0.2, -0.15) is 8.78 Å². The highest BCUT2D eigenvalue weighted by Gasteiger charge is 2.27. The second-order valence-electron chi connectivity index (χ2n) is 4.53. The van der Waals surface area contributed by atoms with Crippen molar-refractivity contribution in [2.75, 3.05) is 5.32 Å². The predicted molar refractivity (Wildman–Crippen MR) is 74.4 cm³/mol. The van der Waals surface area contributed by atoms with E-state index in [9.17, 15) is 13.6 Å². The summed E-state index contributed by atoms with van der Waals surface area (Å²) in [5, 5.41) is 2.66. The summed E-state index contributed by atoms with van der Waals surface area (Å²) in [6.45, 7) is 3.60. The normalized spacial score (nSPS) is 14.2. The van der Waals surface area contributed by atoms with E-state index in [2.05, 4.69) is 5.32 Å². The zero-order chi connectivity index (χ0) is 14.5. The molecule has 1 atom stereocenters. The molecular formula is C13H18F2N2OS. The Kier molecular flexibility index (Phi) is 5.75. The van der Waals surface area contributed by atoms with Crippen LogP contribution in [0.2, 0.25) is 0 Å². The Morgan fingerprint density at radius 3 is 2.79 bits per heavy atom. The summed E-state index contributed by atoms with van der Waals surface area (Å²) in [4.78, 5) is 12.4. The number of alkyl halides is 2. The highest BCUT2D eigenvalue weighted by atomic mass is 32.2. The van der Waals surface area contributed by atoms with Crippen LogP contribution in [-0.4, -0.2) is 17.2 Å². The van der Waals surface area contributed by atoms with Gasteiger partial charge in [0.1, 0.15) is 0 Å². The van der Waals surface area contributed by atoms with Gasteiger partial charge >= 0.3 is 0 Å². The highest BCUT2D eigenvalue weighted by molar-refractivity contribution is 7.99. The Bertz CT molecular complexity index is 438. The number of nitrogens with two attached hydrogens (primary N) is 1. The van der Waals surface area contributed by atoms with E-state index in [1.54, 1.807) is 25.1 Å². The summed E-state index contributed by atoms with van der Waals surface area (Å²) in [7, 11) is 0. The average Bonchev–Trinajstić information content (AvgIpc) is 2.28. The first kappa shape index (κ1) is 15.9. The van der Waals surface area contributed by atoms with Crippen LogP contribution in [0.1, 0.15) is 26.7 Å². The van der Waals surface area contributed by atoms with E-state index in [1.807, 2.05) is 6.92 Å². The van der Waals surface area contributed by atoms with E-state index in [1.165, 1.54) is 6.07 Å². The van der Waals surface area contributed by atoms with Crippen LogP contribution in [0.5, 0.6) is 0 Å². The lowest BCUT2D eigenvalue weighted by Crippen LogP contribution is -2.48. The molecule has 0 spiro atoms. The molecule has 1 aromatic rings. The van der Waals surface area contributed by atoms with Crippen molar-refractivity contribution in [1.29, 1.82) is 0 Å². The topological polar surface area (TPSA) is 55.1 Å². The van der Waals surface area contributed by atoms with Gasteiger partial charge in [0.25, 0.3) is 5.76 Å². The highest BCUT2D eigenvalue weighted by Crippen LogP contribution is 2.27. The maximum atomic E-state index is 12.3. The van der Waals surface area contributed by atoms with Crippen LogP contribution >= 0.6 is 11.8 Å². The molecule has 0 aliphatic heterocycles. The SMILES string of the molecule is CCCC(C)(N)C(=O)Nc1cccc(SC(F)F)c1. The first-order valence-electron chi connectivity index (χ1n) is 6.00. The lowest BCUT2D eigenvalue weighted by molar-refractivity contribution is -0.120. The molecule has 0 saturated heterocycles. The standard InChI is InChI=1S/C13H18F2N2OS/c1-3-7-13(2,16)11(18)17-9-5-4-6-10(8-9)19-12(14)15/h4-6,8,12H,3,7,16H2,1-2H3,(H,17,18). The third kappa shape index (κ3) is 5.16. The first-order valence-corrected chi connectivity index (χ1v) is 6.88. The van der Waals surface area contributed by atoms with E-state index < -0.39 is 11.3 Å². The number of benzene rings is 1. The van der Waals surface area contributed by atoms with Gasteiger partial charge in [0.2, 0.25) is 5.91 Å². The Labute approximate surface area is 115 Å². The zero-order valence-electron chi connectivity index (χ0n) is 11.0. The lowest BCUT2D eigenvalue weighted by atomic mass is 9.96. The van der Waals surface area contributed by atoms with E-state index in [-0.39, 0.29) is 5.91 Å². The van der Waals surface area contributed by atoms with Gasteiger partial charge in [0.05, 0.1) is 5.54 Å². The van der Waals surface area contributed by atoms with Crippen molar-refractivity contribution in [2.45, 2.75) is 42.9 Å². The number of amides is 1. The molecule has 0 heterocycles. The Morgan fingerprint density at radius 1 is 1.53 bits per heavy atom. The quantitative estimate of drug-likeness (QED) is 0.788. The van der Waals surface area contributed by atoms with Crippen LogP contribution in [0.15, 0.2) is 29.2 Å². The Balaban J connectivity index is 2.74. The fourth-order valence-corrected chi connectivity index (χ4v) is 2.21.